The Bertz CT molecular complexity index is 1230. The van der Waals surface area contributed by atoms with Gasteiger partial charge < -0.3 is 15.6 Å². The van der Waals surface area contributed by atoms with Gasteiger partial charge in [-0.1, -0.05) is 32.9 Å². The van der Waals surface area contributed by atoms with Gasteiger partial charge in [-0.2, -0.15) is 0 Å². The Morgan fingerprint density at radius 1 is 1.27 bits per heavy atom. The number of Topliss-reactive ketones (excluding diaryl/α,β-unsaturated/α-hetero) is 1. The van der Waals surface area contributed by atoms with E-state index in [9.17, 15) is 4.79 Å². The lowest BCUT2D eigenvalue weighted by Gasteiger charge is -2.16. The number of ketones is 1. The van der Waals surface area contributed by atoms with Crippen molar-refractivity contribution in [3.05, 3.63) is 52.8 Å². The number of aromatic nitrogens is 5. The molecule has 0 aliphatic carbocycles. The monoisotopic (exact) mass is 448 g/mol. The van der Waals surface area contributed by atoms with Crippen molar-refractivity contribution >= 4 is 23.0 Å². The molecule has 0 bridgehead atoms. The van der Waals surface area contributed by atoms with Crippen LogP contribution in [-0.4, -0.2) is 43.6 Å². The second kappa shape index (κ2) is 8.78. The molecule has 0 saturated carbocycles. The number of nitrogens with two attached hydrogens (primary N) is 1. The number of fused-ring (bicyclic) bond motifs is 1. The molecule has 4 heterocycles. The molecular formula is C23H28N8O2. The van der Waals surface area contributed by atoms with Crippen LogP contribution < -0.4 is 11.1 Å². The third-order valence-corrected chi connectivity index (χ3v) is 5.50. The predicted molar refractivity (Wildman–Crippen MR) is 124 cm³/mol. The Morgan fingerprint density at radius 3 is 2.79 bits per heavy atom. The highest BCUT2D eigenvalue weighted by Crippen LogP contribution is 2.30. The molecule has 0 spiro atoms. The van der Waals surface area contributed by atoms with Gasteiger partial charge in [-0.15, -0.1) is 0 Å². The van der Waals surface area contributed by atoms with Gasteiger partial charge in [-0.25, -0.2) is 24.9 Å². The fraction of sp³-hybridized carbons (Fsp3) is 0.435. The first-order valence-electron chi connectivity index (χ1n) is 10.9. The molecule has 1 aliphatic heterocycles. The maximum absolute atomic E-state index is 12.9. The zero-order chi connectivity index (χ0) is 23.8. The fourth-order valence-corrected chi connectivity index (χ4v) is 3.64. The van der Waals surface area contributed by atoms with E-state index in [0.29, 0.717) is 41.5 Å². The standard InChI is InChI=1S/C23H28N8O2/c1-12(6-18(32)20-13(9-25-5)21(24)28-11-27-20)19-8-16(31-33-19)14-7-15-17(29-14)10-26-22(30-15)23(2,3)4/h8,10-12,25H,6-7,9H2,1-5H3,(H2,24,27,28)/t12-/m0/s1. The number of nitrogens with one attached hydrogen (secondary N) is 1. The Hall–Kier alpha value is -3.53. The molecule has 3 aromatic rings. The molecule has 4 rings (SSSR count). The maximum Gasteiger partial charge on any atom is 0.182 e. The molecule has 10 heteroatoms. The molecule has 0 saturated heterocycles. The Morgan fingerprint density at radius 2 is 2.06 bits per heavy atom. The molecule has 3 N–H and O–H groups in total. The van der Waals surface area contributed by atoms with Crippen LogP contribution in [0, 0.1) is 0 Å². The van der Waals surface area contributed by atoms with E-state index in [1.165, 1.54) is 6.33 Å². The van der Waals surface area contributed by atoms with Crippen molar-refractivity contribution < 1.29 is 9.32 Å². The van der Waals surface area contributed by atoms with E-state index in [1.54, 1.807) is 13.2 Å². The van der Waals surface area contributed by atoms with Crippen molar-refractivity contribution in [3.8, 4) is 0 Å². The topological polar surface area (TPSA) is 145 Å². The van der Waals surface area contributed by atoms with Gasteiger partial charge in [-0.05, 0) is 7.05 Å². The second-order valence-electron chi connectivity index (χ2n) is 9.27. The van der Waals surface area contributed by atoms with E-state index in [1.807, 2.05) is 13.0 Å². The number of carbonyl (C=O) groups excluding carboxylic acids is 1. The van der Waals surface area contributed by atoms with E-state index in [2.05, 4.69) is 56.2 Å². The largest absolute Gasteiger partial charge is 0.383 e. The highest BCUT2D eigenvalue weighted by molar-refractivity contribution is 6.04. The molecule has 1 aliphatic rings. The summed E-state index contributed by atoms with van der Waals surface area (Å²) < 4.78 is 5.57. The van der Waals surface area contributed by atoms with Crippen LogP contribution in [-0.2, 0) is 18.4 Å². The predicted octanol–water partition coefficient (Wildman–Crippen LogP) is 2.91. The van der Waals surface area contributed by atoms with Gasteiger partial charge in [0.15, 0.2) is 5.78 Å². The van der Waals surface area contributed by atoms with Crippen LogP contribution in [0.3, 0.4) is 0 Å². The third kappa shape index (κ3) is 4.65. The van der Waals surface area contributed by atoms with Crippen molar-refractivity contribution in [2.75, 3.05) is 12.8 Å². The molecule has 3 aromatic heterocycles. The minimum Gasteiger partial charge on any atom is -0.383 e. The average molecular weight is 449 g/mol. The summed E-state index contributed by atoms with van der Waals surface area (Å²) in [5.74, 6) is 1.36. The highest BCUT2D eigenvalue weighted by atomic mass is 16.5. The molecule has 0 unspecified atom stereocenters. The number of nitrogens with zero attached hydrogens (tertiary/aromatic N) is 6. The minimum absolute atomic E-state index is 0.129. The van der Waals surface area contributed by atoms with Gasteiger partial charge in [0.25, 0.3) is 0 Å². The molecule has 0 amide bonds. The summed E-state index contributed by atoms with van der Waals surface area (Å²) in [5.41, 5.74) is 9.78. The molecule has 33 heavy (non-hydrogen) atoms. The first-order chi connectivity index (χ1) is 15.7. The number of rotatable bonds is 7. The van der Waals surface area contributed by atoms with E-state index in [-0.39, 0.29) is 23.5 Å². The van der Waals surface area contributed by atoms with Crippen LogP contribution in [0.15, 0.2) is 28.1 Å². The van der Waals surface area contributed by atoms with Crippen LogP contribution in [0.25, 0.3) is 0 Å². The Labute approximate surface area is 192 Å². The van der Waals surface area contributed by atoms with Crippen LogP contribution >= 0.6 is 0 Å². The molecule has 1 atom stereocenters. The normalized spacial score (nSPS) is 14.2. The van der Waals surface area contributed by atoms with Gasteiger partial charge in [0.1, 0.15) is 40.8 Å². The zero-order valence-corrected chi connectivity index (χ0v) is 19.5. The summed E-state index contributed by atoms with van der Waals surface area (Å²) in [6, 6.07) is 1.84. The smallest absolute Gasteiger partial charge is 0.182 e. The highest BCUT2D eigenvalue weighted by Gasteiger charge is 2.26. The summed E-state index contributed by atoms with van der Waals surface area (Å²) >= 11 is 0. The summed E-state index contributed by atoms with van der Waals surface area (Å²) in [6.07, 6.45) is 3.83. The summed E-state index contributed by atoms with van der Waals surface area (Å²) in [5, 5.41) is 7.19. The van der Waals surface area contributed by atoms with Crippen molar-refractivity contribution in [3.63, 3.8) is 0 Å². The second-order valence-corrected chi connectivity index (χ2v) is 9.27. The van der Waals surface area contributed by atoms with Gasteiger partial charge in [0.2, 0.25) is 0 Å². The van der Waals surface area contributed by atoms with Gasteiger partial charge in [0, 0.05) is 42.3 Å². The van der Waals surface area contributed by atoms with Crippen LogP contribution in [0.1, 0.15) is 79.1 Å². The summed E-state index contributed by atoms with van der Waals surface area (Å²) in [6.45, 7) is 8.56. The molecule has 0 fully saturated rings. The van der Waals surface area contributed by atoms with Crippen LogP contribution in [0.5, 0.6) is 0 Å². The first-order valence-corrected chi connectivity index (χ1v) is 10.9. The van der Waals surface area contributed by atoms with Crippen LogP contribution in [0.2, 0.25) is 0 Å². The van der Waals surface area contributed by atoms with E-state index < -0.39 is 0 Å². The number of anilines is 1. The van der Waals surface area contributed by atoms with Gasteiger partial charge in [0.05, 0.1) is 17.6 Å². The number of aliphatic imine (C=N–C) groups is 1. The van der Waals surface area contributed by atoms with Crippen molar-refractivity contribution in [1.29, 1.82) is 0 Å². The number of hydrogen-bond donors (Lipinski definition) is 2. The van der Waals surface area contributed by atoms with Gasteiger partial charge >= 0.3 is 0 Å². The van der Waals surface area contributed by atoms with Crippen LogP contribution in [0.4, 0.5) is 11.5 Å². The lowest BCUT2D eigenvalue weighted by molar-refractivity contribution is 0.0965. The lowest BCUT2D eigenvalue weighted by Crippen LogP contribution is -2.17. The fourth-order valence-electron chi connectivity index (χ4n) is 3.64. The molecular weight excluding hydrogens is 420 g/mol. The summed E-state index contributed by atoms with van der Waals surface area (Å²) in [7, 11) is 1.78. The van der Waals surface area contributed by atoms with E-state index in [0.717, 1.165) is 22.9 Å². The van der Waals surface area contributed by atoms with E-state index >= 15 is 0 Å². The number of hydrogen-bond acceptors (Lipinski definition) is 10. The Balaban J connectivity index is 1.48. The SMILES string of the molecule is CNCc1c(N)ncnc1C(=O)C[C@H](C)c1cc(C2=Nc3cnc(C(C)(C)C)nc3C2)no1. The summed E-state index contributed by atoms with van der Waals surface area (Å²) in [4.78, 5) is 34.8. The van der Waals surface area contributed by atoms with Crippen molar-refractivity contribution in [1.82, 2.24) is 30.4 Å². The molecule has 0 aromatic carbocycles. The molecule has 172 valence electrons. The van der Waals surface area contributed by atoms with Crippen molar-refractivity contribution in [2.45, 2.75) is 58.4 Å². The Kier molecular flexibility index (Phi) is 6.03. The average Bonchev–Trinajstić information content (AvgIpc) is 3.41. The minimum atomic E-state index is -0.200. The zero-order valence-electron chi connectivity index (χ0n) is 19.5. The lowest BCUT2D eigenvalue weighted by atomic mass is 9.95. The number of nitrogen functional groups attached to an aromatic ring is 1. The molecule has 10 nitrogen and oxygen atoms in total. The van der Waals surface area contributed by atoms with Gasteiger partial charge in [-0.3, -0.25) is 4.79 Å². The first kappa shape index (κ1) is 22.7. The molecule has 0 radical (unpaired) electrons. The van der Waals surface area contributed by atoms with E-state index in [4.69, 9.17) is 10.3 Å². The quantitative estimate of drug-likeness (QED) is 0.521. The maximum atomic E-state index is 12.9. The third-order valence-electron chi connectivity index (χ3n) is 5.50. The van der Waals surface area contributed by atoms with Crippen molar-refractivity contribution in [2.24, 2.45) is 4.99 Å². The number of carbonyl (C=O) groups is 1.